The highest BCUT2D eigenvalue weighted by atomic mass is 16.1. The maximum Gasteiger partial charge on any atom is 0.224 e. The van der Waals surface area contributed by atoms with Crippen molar-refractivity contribution in [1.82, 2.24) is 10.2 Å². The minimum atomic E-state index is 0.129. The fourth-order valence-corrected chi connectivity index (χ4v) is 3.73. The van der Waals surface area contributed by atoms with Gasteiger partial charge in [0.05, 0.1) is 6.42 Å². The summed E-state index contributed by atoms with van der Waals surface area (Å²) in [6.07, 6.45) is 5.07. The molecule has 3 heteroatoms. The van der Waals surface area contributed by atoms with Crippen LogP contribution in [0.2, 0.25) is 0 Å². The zero-order chi connectivity index (χ0) is 14.7. The quantitative estimate of drug-likeness (QED) is 0.841. The highest BCUT2D eigenvalue weighted by Crippen LogP contribution is 2.36. The lowest BCUT2D eigenvalue weighted by molar-refractivity contribution is -0.121. The molecule has 0 aliphatic carbocycles. The van der Waals surface area contributed by atoms with E-state index in [9.17, 15) is 4.79 Å². The number of piperidine rings is 3. The second-order valence-electron chi connectivity index (χ2n) is 6.30. The Kier molecular flexibility index (Phi) is 4.39. The number of nitrogens with zero attached hydrogens (tertiary/aromatic N) is 1. The normalized spacial score (nSPS) is 30.9. The molecule has 0 aromatic heterocycles. The molecule has 112 valence electrons. The Balaban J connectivity index is 1.48. The van der Waals surface area contributed by atoms with E-state index in [2.05, 4.69) is 22.9 Å². The molecule has 2 bridgehead atoms. The molecule has 1 aromatic rings. The van der Waals surface area contributed by atoms with E-state index in [1.807, 2.05) is 30.3 Å². The average Bonchev–Trinajstić information content (AvgIpc) is 2.54. The van der Waals surface area contributed by atoms with Crippen LogP contribution < -0.4 is 5.32 Å². The van der Waals surface area contributed by atoms with Gasteiger partial charge in [0.15, 0.2) is 0 Å². The van der Waals surface area contributed by atoms with Crippen LogP contribution in [0.5, 0.6) is 0 Å². The summed E-state index contributed by atoms with van der Waals surface area (Å²) in [4.78, 5) is 14.6. The first-order chi connectivity index (χ1) is 10.3. The molecule has 3 fully saturated rings. The topological polar surface area (TPSA) is 32.3 Å². The highest BCUT2D eigenvalue weighted by Gasteiger charge is 2.38. The molecule has 4 atom stereocenters. The summed E-state index contributed by atoms with van der Waals surface area (Å²) in [7, 11) is 0. The molecule has 0 spiro atoms. The summed E-state index contributed by atoms with van der Waals surface area (Å²) in [5.41, 5.74) is 1.08. The molecular formula is C18H24N2O. The summed E-state index contributed by atoms with van der Waals surface area (Å²) in [6.45, 7) is 7.03. The van der Waals surface area contributed by atoms with Crippen LogP contribution >= 0.6 is 0 Å². The van der Waals surface area contributed by atoms with Gasteiger partial charge in [0.2, 0.25) is 5.91 Å². The molecule has 1 amide bonds. The van der Waals surface area contributed by atoms with Crippen LogP contribution in [0.4, 0.5) is 0 Å². The third-order valence-electron chi connectivity index (χ3n) is 4.97. The lowest BCUT2D eigenvalue weighted by Gasteiger charge is -2.49. The number of benzene rings is 1. The van der Waals surface area contributed by atoms with Crippen molar-refractivity contribution in [3.63, 3.8) is 0 Å². The van der Waals surface area contributed by atoms with Crippen molar-refractivity contribution in [2.24, 2.45) is 11.8 Å². The second-order valence-corrected chi connectivity index (χ2v) is 6.30. The molecule has 21 heavy (non-hydrogen) atoms. The standard InChI is InChI=1S/C18H24N2O/c1-2-15-13-20-9-8-16(15)11-17(20)12-19-18(21)10-14-6-4-3-5-7-14/h2-7,15-17H,1,8-13H2,(H,19,21)/t15-,16+,17-/m1/s1. The molecule has 3 aliphatic heterocycles. The first-order valence-corrected chi connectivity index (χ1v) is 7.93. The Bertz CT molecular complexity index is 499. The predicted molar refractivity (Wildman–Crippen MR) is 84.9 cm³/mol. The lowest BCUT2D eigenvalue weighted by Crippen LogP contribution is -2.56. The summed E-state index contributed by atoms with van der Waals surface area (Å²) in [5, 5.41) is 3.11. The number of carbonyl (C=O) groups is 1. The fourth-order valence-electron chi connectivity index (χ4n) is 3.73. The van der Waals surface area contributed by atoms with E-state index in [4.69, 9.17) is 0 Å². The number of hydrogen-bond donors (Lipinski definition) is 1. The molecule has 3 heterocycles. The van der Waals surface area contributed by atoms with Crippen LogP contribution in [0.15, 0.2) is 43.0 Å². The van der Waals surface area contributed by atoms with Gasteiger partial charge in [0.25, 0.3) is 0 Å². The Labute approximate surface area is 127 Å². The molecule has 4 rings (SSSR count). The van der Waals surface area contributed by atoms with Gasteiger partial charge in [-0.05, 0) is 36.8 Å². The number of fused-ring (bicyclic) bond motifs is 3. The van der Waals surface area contributed by atoms with Gasteiger partial charge in [-0.1, -0.05) is 36.4 Å². The van der Waals surface area contributed by atoms with E-state index in [1.54, 1.807) is 0 Å². The molecule has 1 N–H and O–H groups in total. The molecular weight excluding hydrogens is 260 g/mol. The zero-order valence-electron chi connectivity index (χ0n) is 12.5. The van der Waals surface area contributed by atoms with E-state index < -0.39 is 0 Å². The number of hydrogen-bond acceptors (Lipinski definition) is 2. The van der Waals surface area contributed by atoms with E-state index >= 15 is 0 Å². The summed E-state index contributed by atoms with van der Waals surface area (Å²) in [6, 6.07) is 10.4. The van der Waals surface area contributed by atoms with Crippen LogP contribution in [-0.2, 0) is 11.2 Å². The Morgan fingerprint density at radius 1 is 1.38 bits per heavy atom. The smallest absolute Gasteiger partial charge is 0.224 e. The van der Waals surface area contributed by atoms with E-state index in [0.29, 0.717) is 18.4 Å². The third kappa shape index (κ3) is 3.35. The second kappa shape index (κ2) is 6.44. The third-order valence-corrected chi connectivity index (χ3v) is 4.97. The minimum absolute atomic E-state index is 0.129. The van der Waals surface area contributed by atoms with Crippen LogP contribution in [0.25, 0.3) is 0 Å². The van der Waals surface area contributed by atoms with Crippen LogP contribution in [0.1, 0.15) is 18.4 Å². The van der Waals surface area contributed by atoms with Gasteiger partial charge in [-0.15, -0.1) is 6.58 Å². The SMILES string of the molecule is C=C[C@@H]1CN2CC[C@H]1C[C@@H]2CNC(=O)Cc1ccccc1. The Morgan fingerprint density at radius 3 is 2.86 bits per heavy atom. The van der Waals surface area contributed by atoms with E-state index in [1.165, 1.54) is 19.4 Å². The van der Waals surface area contributed by atoms with Gasteiger partial charge in [0, 0.05) is 19.1 Å². The van der Waals surface area contributed by atoms with Crippen LogP contribution in [0, 0.1) is 11.8 Å². The molecule has 3 aliphatic rings. The van der Waals surface area contributed by atoms with Crippen LogP contribution in [0.3, 0.4) is 0 Å². The molecule has 0 saturated carbocycles. The maximum absolute atomic E-state index is 12.0. The van der Waals surface area contributed by atoms with Gasteiger partial charge in [-0.3, -0.25) is 9.69 Å². The van der Waals surface area contributed by atoms with E-state index in [0.717, 1.165) is 24.6 Å². The van der Waals surface area contributed by atoms with Crippen molar-refractivity contribution >= 4 is 5.91 Å². The van der Waals surface area contributed by atoms with Crippen molar-refractivity contribution in [3.05, 3.63) is 48.6 Å². The monoisotopic (exact) mass is 284 g/mol. The Morgan fingerprint density at radius 2 is 2.19 bits per heavy atom. The predicted octanol–water partition coefficient (Wildman–Crippen LogP) is 2.24. The first-order valence-electron chi connectivity index (χ1n) is 7.93. The largest absolute Gasteiger partial charge is 0.354 e. The maximum atomic E-state index is 12.0. The van der Waals surface area contributed by atoms with Crippen molar-refractivity contribution in [2.75, 3.05) is 19.6 Å². The average molecular weight is 284 g/mol. The van der Waals surface area contributed by atoms with Gasteiger partial charge >= 0.3 is 0 Å². The fraction of sp³-hybridized carbons (Fsp3) is 0.500. The van der Waals surface area contributed by atoms with Gasteiger partial charge in [-0.2, -0.15) is 0 Å². The molecule has 3 nitrogen and oxygen atoms in total. The number of nitrogens with one attached hydrogen (secondary N) is 1. The number of carbonyl (C=O) groups excluding carboxylic acids is 1. The van der Waals surface area contributed by atoms with Crippen LogP contribution in [-0.4, -0.2) is 36.5 Å². The number of amides is 1. The molecule has 0 radical (unpaired) electrons. The van der Waals surface area contributed by atoms with Gasteiger partial charge in [0.1, 0.15) is 0 Å². The molecule has 1 unspecified atom stereocenters. The first kappa shape index (κ1) is 14.3. The van der Waals surface area contributed by atoms with E-state index in [-0.39, 0.29) is 5.91 Å². The highest BCUT2D eigenvalue weighted by molar-refractivity contribution is 5.78. The summed E-state index contributed by atoms with van der Waals surface area (Å²) in [5.74, 6) is 1.54. The Hall–Kier alpha value is -1.61. The van der Waals surface area contributed by atoms with Crippen molar-refractivity contribution < 1.29 is 4.79 Å². The van der Waals surface area contributed by atoms with Gasteiger partial charge < -0.3 is 5.32 Å². The van der Waals surface area contributed by atoms with Crippen molar-refractivity contribution in [3.8, 4) is 0 Å². The van der Waals surface area contributed by atoms with Crippen molar-refractivity contribution in [2.45, 2.75) is 25.3 Å². The van der Waals surface area contributed by atoms with Gasteiger partial charge in [-0.25, -0.2) is 0 Å². The molecule has 1 aromatic carbocycles. The molecule has 3 saturated heterocycles. The summed E-state index contributed by atoms with van der Waals surface area (Å²) >= 11 is 0. The van der Waals surface area contributed by atoms with Crippen molar-refractivity contribution in [1.29, 1.82) is 0 Å². The minimum Gasteiger partial charge on any atom is -0.354 e. The summed E-state index contributed by atoms with van der Waals surface area (Å²) < 4.78 is 0. The number of rotatable bonds is 5. The lowest BCUT2D eigenvalue weighted by atomic mass is 9.75. The zero-order valence-corrected chi connectivity index (χ0v) is 12.5.